The lowest BCUT2D eigenvalue weighted by atomic mass is 9.91. The Hall–Kier alpha value is -1.18. The Morgan fingerprint density at radius 2 is 1.00 bits per heavy atom. The van der Waals surface area contributed by atoms with Crippen LogP contribution in [0.4, 0.5) is 11.9 Å². The number of aromatic nitrogens is 3. The summed E-state index contributed by atoms with van der Waals surface area (Å²) in [6.45, 7) is 0. The minimum Gasteiger partial charge on any atom is -0.351 e. The summed E-state index contributed by atoms with van der Waals surface area (Å²) in [4.78, 5) is 13.0. The third-order valence-corrected chi connectivity index (χ3v) is 5.71. The molecule has 0 amide bonds. The maximum Gasteiger partial charge on any atom is 0.229 e. The van der Waals surface area contributed by atoms with Crippen molar-refractivity contribution in [2.75, 3.05) is 24.7 Å². The van der Waals surface area contributed by atoms with Gasteiger partial charge in [-0.25, -0.2) is 0 Å². The molecule has 0 saturated heterocycles. The Morgan fingerprint density at radius 1 is 0.640 bits per heavy atom. The molecular formula is C17H30ClN7. The molecule has 2 aliphatic rings. The Bertz CT molecular complexity index is 496. The Balaban J connectivity index is 1.55. The van der Waals surface area contributed by atoms with E-state index in [9.17, 15) is 0 Å². The topological polar surface area (TPSA) is 86.8 Å². The van der Waals surface area contributed by atoms with E-state index in [1.165, 1.54) is 25.7 Å². The van der Waals surface area contributed by atoms with Gasteiger partial charge < -0.3 is 21.3 Å². The van der Waals surface area contributed by atoms with Crippen LogP contribution in [0.5, 0.6) is 0 Å². The Morgan fingerprint density at radius 3 is 1.36 bits per heavy atom. The van der Waals surface area contributed by atoms with Crippen molar-refractivity contribution in [2.45, 2.75) is 75.5 Å². The summed E-state index contributed by atoms with van der Waals surface area (Å²) >= 11 is 6.11. The molecule has 0 aliphatic heterocycles. The van der Waals surface area contributed by atoms with Crippen LogP contribution < -0.4 is 21.3 Å². The van der Waals surface area contributed by atoms with E-state index in [4.69, 9.17) is 11.6 Å². The molecular weight excluding hydrogens is 338 g/mol. The lowest BCUT2D eigenvalue weighted by Gasteiger charge is -2.29. The normalized spacial score (nSPS) is 30.0. The van der Waals surface area contributed by atoms with Gasteiger partial charge in [-0.3, -0.25) is 0 Å². The van der Waals surface area contributed by atoms with Gasteiger partial charge in [-0.05, 0) is 77.1 Å². The van der Waals surface area contributed by atoms with Crippen LogP contribution >= 0.6 is 11.6 Å². The number of nitrogens with zero attached hydrogens (tertiary/aromatic N) is 3. The van der Waals surface area contributed by atoms with Gasteiger partial charge in [0.25, 0.3) is 0 Å². The average molecular weight is 368 g/mol. The van der Waals surface area contributed by atoms with Crippen molar-refractivity contribution >= 4 is 23.5 Å². The van der Waals surface area contributed by atoms with Gasteiger partial charge in [0.1, 0.15) is 0 Å². The number of hydrogen-bond acceptors (Lipinski definition) is 7. The summed E-state index contributed by atoms with van der Waals surface area (Å²) in [6.07, 6.45) is 9.16. The standard InChI is InChI=1S/C17H30ClN7/c1-19-11-3-7-13(8-4-11)21-16-23-15(18)24-17(25-16)22-14-9-5-12(20-2)6-10-14/h11-14,19-20H,3-10H2,1-2H3,(H2,21,22,23,24,25). The fourth-order valence-corrected chi connectivity index (χ4v) is 4.06. The zero-order valence-electron chi connectivity index (χ0n) is 15.2. The van der Waals surface area contributed by atoms with E-state index in [0.717, 1.165) is 25.7 Å². The Labute approximate surface area is 155 Å². The molecule has 1 aromatic rings. The third kappa shape index (κ3) is 5.39. The fourth-order valence-electron chi connectivity index (χ4n) is 3.90. The zero-order valence-corrected chi connectivity index (χ0v) is 15.9. The molecule has 8 heteroatoms. The van der Waals surface area contributed by atoms with Crippen molar-refractivity contribution in [1.82, 2.24) is 25.6 Å². The van der Waals surface area contributed by atoms with Crippen molar-refractivity contribution in [3.05, 3.63) is 5.28 Å². The van der Waals surface area contributed by atoms with Crippen LogP contribution in [0.2, 0.25) is 5.28 Å². The summed E-state index contributed by atoms with van der Waals surface area (Å²) in [7, 11) is 4.07. The highest BCUT2D eigenvalue weighted by Crippen LogP contribution is 2.23. The monoisotopic (exact) mass is 367 g/mol. The molecule has 0 bridgehead atoms. The highest BCUT2D eigenvalue weighted by molar-refractivity contribution is 6.28. The lowest BCUT2D eigenvalue weighted by molar-refractivity contribution is 0.369. The number of halogens is 1. The quantitative estimate of drug-likeness (QED) is 0.614. The van der Waals surface area contributed by atoms with E-state index in [0.29, 0.717) is 36.1 Å². The molecule has 0 atom stereocenters. The SMILES string of the molecule is CNC1CCC(Nc2nc(Cl)nc(NC3CCC(NC)CC3)n2)CC1. The molecule has 2 aliphatic carbocycles. The second-order valence-corrected chi connectivity index (χ2v) is 7.55. The molecule has 140 valence electrons. The molecule has 0 aromatic carbocycles. The van der Waals surface area contributed by atoms with E-state index in [2.05, 4.69) is 36.2 Å². The number of anilines is 2. The Kier molecular flexibility index (Phi) is 6.67. The number of rotatable bonds is 6. The van der Waals surface area contributed by atoms with Crippen LogP contribution in [0.1, 0.15) is 51.4 Å². The van der Waals surface area contributed by atoms with Gasteiger partial charge in [0.15, 0.2) is 0 Å². The first-order valence-corrected chi connectivity index (χ1v) is 9.83. The van der Waals surface area contributed by atoms with Gasteiger partial charge in [-0.1, -0.05) is 0 Å². The molecule has 3 rings (SSSR count). The first-order chi connectivity index (χ1) is 12.2. The fraction of sp³-hybridized carbons (Fsp3) is 0.824. The molecule has 4 N–H and O–H groups in total. The molecule has 0 spiro atoms. The largest absolute Gasteiger partial charge is 0.351 e. The molecule has 25 heavy (non-hydrogen) atoms. The van der Waals surface area contributed by atoms with Crippen LogP contribution in [0.15, 0.2) is 0 Å². The van der Waals surface area contributed by atoms with Crippen molar-refractivity contribution in [3.63, 3.8) is 0 Å². The van der Waals surface area contributed by atoms with E-state index in [-0.39, 0.29) is 5.28 Å². The minimum atomic E-state index is 0.243. The maximum absolute atomic E-state index is 6.11. The van der Waals surface area contributed by atoms with Gasteiger partial charge in [-0.15, -0.1) is 0 Å². The lowest BCUT2D eigenvalue weighted by Crippen LogP contribution is -2.36. The molecule has 1 aromatic heterocycles. The van der Waals surface area contributed by atoms with E-state index >= 15 is 0 Å². The predicted octanol–water partition coefficient (Wildman–Crippen LogP) is 2.41. The van der Waals surface area contributed by atoms with Crippen molar-refractivity contribution in [2.24, 2.45) is 0 Å². The molecule has 0 radical (unpaired) electrons. The predicted molar refractivity (Wildman–Crippen MR) is 102 cm³/mol. The van der Waals surface area contributed by atoms with E-state index in [1.807, 2.05) is 14.1 Å². The summed E-state index contributed by atoms with van der Waals surface area (Å²) in [5.74, 6) is 1.17. The van der Waals surface area contributed by atoms with Gasteiger partial charge >= 0.3 is 0 Å². The highest BCUT2D eigenvalue weighted by atomic mass is 35.5. The van der Waals surface area contributed by atoms with Gasteiger partial charge in [-0.2, -0.15) is 15.0 Å². The summed E-state index contributed by atoms with van der Waals surface area (Å²) in [5.41, 5.74) is 0. The summed E-state index contributed by atoms with van der Waals surface area (Å²) in [5, 5.41) is 13.8. The second kappa shape index (κ2) is 8.96. The van der Waals surface area contributed by atoms with Crippen LogP contribution in [0.3, 0.4) is 0 Å². The van der Waals surface area contributed by atoms with Gasteiger partial charge in [0.05, 0.1) is 0 Å². The second-order valence-electron chi connectivity index (χ2n) is 7.21. The average Bonchev–Trinajstić information content (AvgIpc) is 2.62. The minimum absolute atomic E-state index is 0.243. The number of hydrogen-bond donors (Lipinski definition) is 4. The van der Waals surface area contributed by atoms with Crippen LogP contribution in [0, 0.1) is 0 Å². The van der Waals surface area contributed by atoms with Crippen molar-refractivity contribution in [1.29, 1.82) is 0 Å². The molecule has 1 heterocycles. The third-order valence-electron chi connectivity index (χ3n) is 5.55. The van der Waals surface area contributed by atoms with E-state index in [1.54, 1.807) is 0 Å². The summed E-state index contributed by atoms with van der Waals surface area (Å²) in [6, 6.07) is 2.07. The number of nitrogens with one attached hydrogen (secondary N) is 4. The molecule has 0 unspecified atom stereocenters. The smallest absolute Gasteiger partial charge is 0.229 e. The molecule has 2 fully saturated rings. The molecule has 7 nitrogen and oxygen atoms in total. The highest BCUT2D eigenvalue weighted by Gasteiger charge is 2.22. The first-order valence-electron chi connectivity index (χ1n) is 9.45. The summed E-state index contributed by atoms with van der Waals surface area (Å²) < 4.78 is 0. The van der Waals surface area contributed by atoms with Gasteiger partial charge in [0, 0.05) is 24.2 Å². The van der Waals surface area contributed by atoms with Gasteiger partial charge in [0.2, 0.25) is 17.2 Å². The molecule has 2 saturated carbocycles. The van der Waals surface area contributed by atoms with Crippen molar-refractivity contribution in [3.8, 4) is 0 Å². The van der Waals surface area contributed by atoms with E-state index < -0.39 is 0 Å². The van der Waals surface area contributed by atoms with Crippen LogP contribution in [-0.4, -0.2) is 53.2 Å². The maximum atomic E-state index is 6.11. The zero-order chi connectivity index (χ0) is 17.6. The first kappa shape index (κ1) is 18.6. The van der Waals surface area contributed by atoms with Crippen molar-refractivity contribution < 1.29 is 0 Å². The van der Waals surface area contributed by atoms with Crippen LogP contribution in [-0.2, 0) is 0 Å². The van der Waals surface area contributed by atoms with Crippen LogP contribution in [0.25, 0.3) is 0 Å².